The van der Waals surface area contributed by atoms with Gasteiger partial charge in [-0.25, -0.2) is 4.39 Å². The van der Waals surface area contributed by atoms with Crippen LogP contribution in [0.4, 0.5) is 4.39 Å². The van der Waals surface area contributed by atoms with Gasteiger partial charge in [-0.1, -0.05) is 31.9 Å². The van der Waals surface area contributed by atoms with Crippen molar-refractivity contribution < 1.29 is 4.39 Å². The average Bonchev–Trinajstić information content (AvgIpc) is 3.12. The fourth-order valence-electron chi connectivity index (χ4n) is 2.23. The molecule has 1 N–H and O–H groups in total. The van der Waals surface area contributed by atoms with E-state index in [-0.39, 0.29) is 5.82 Å². The van der Waals surface area contributed by atoms with E-state index < -0.39 is 0 Å². The van der Waals surface area contributed by atoms with Crippen LogP contribution in [0, 0.1) is 18.7 Å². The largest absolute Gasteiger partial charge is 0.310 e. The molecule has 0 radical (unpaired) electrons. The van der Waals surface area contributed by atoms with Crippen LogP contribution in [-0.2, 0) is 6.54 Å². The third kappa shape index (κ3) is 3.81. The van der Waals surface area contributed by atoms with Gasteiger partial charge in [0.05, 0.1) is 0 Å². The van der Waals surface area contributed by atoms with Gasteiger partial charge in [0.25, 0.3) is 0 Å². The van der Waals surface area contributed by atoms with Crippen molar-refractivity contribution in [2.45, 2.75) is 52.1 Å². The predicted molar refractivity (Wildman–Crippen MR) is 69.4 cm³/mol. The lowest BCUT2D eigenvalue weighted by Crippen LogP contribution is -2.28. The van der Waals surface area contributed by atoms with Crippen LogP contribution in [0.5, 0.6) is 0 Å². The zero-order chi connectivity index (χ0) is 12.3. The van der Waals surface area contributed by atoms with Crippen molar-refractivity contribution in [1.29, 1.82) is 0 Å². The summed E-state index contributed by atoms with van der Waals surface area (Å²) in [6, 6.07) is 5.99. The van der Waals surface area contributed by atoms with Crippen LogP contribution >= 0.6 is 0 Å². The van der Waals surface area contributed by atoms with Gasteiger partial charge < -0.3 is 5.32 Å². The minimum Gasteiger partial charge on any atom is -0.310 e. The van der Waals surface area contributed by atoms with Crippen LogP contribution in [0.25, 0.3) is 0 Å². The molecule has 1 aliphatic carbocycles. The van der Waals surface area contributed by atoms with Crippen molar-refractivity contribution in [3.8, 4) is 0 Å². The summed E-state index contributed by atoms with van der Waals surface area (Å²) in [6.45, 7) is 4.91. The zero-order valence-electron chi connectivity index (χ0n) is 10.8. The maximum Gasteiger partial charge on any atom is 0.126 e. The van der Waals surface area contributed by atoms with Gasteiger partial charge in [-0.2, -0.15) is 0 Å². The molecule has 17 heavy (non-hydrogen) atoms. The second-order valence-electron chi connectivity index (χ2n) is 5.25. The van der Waals surface area contributed by atoms with Crippen LogP contribution in [0.2, 0.25) is 0 Å². The van der Waals surface area contributed by atoms with Crippen LogP contribution in [0.1, 0.15) is 43.7 Å². The van der Waals surface area contributed by atoms with Crippen LogP contribution in [0.3, 0.4) is 0 Å². The summed E-state index contributed by atoms with van der Waals surface area (Å²) in [7, 11) is 0. The molecule has 2 rings (SSSR count). The van der Waals surface area contributed by atoms with Crippen LogP contribution in [-0.4, -0.2) is 6.04 Å². The van der Waals surface area contributed by atoms with E-state index in [0.717, 1.165) is 18.0 Å². The molecule has 1 aliphatic rings. The molecular formula is C15H22FN. The van der Waals surface area contributed by atoms with Gasteiger partial charge >= 0.3 is 0 Å². The van der Waals surface area contributed by atoms with E-state index in [1.165, 1.54) is 31.2 Å². The molecule has 0 heterocycles. The molecule has 1 fully saturated rings. The van der Waals surface area contributed by atoms with E-state index in [1.54, 1.807) is 6.07 Å². The highest BCUT2D eigenvalue weighted by atomic mass is 19.1. The Labute approximate surface area is 103 Å². The van der Waals surface area contributed by atoms with E-state index in [9.17, 15) is 4.39 Å². The van der Waals surface area contributed by atoms with Crippen molar-refractivity contribution in [3.63, 3.8) is 0 Å². The standard InChI is InChI=1S/C15H22FN/c1-3-14(9-12-4-5-12)17-10-13-6-7-15(16)11(2)8-13/h6-8,12,14,17H,3-5,9-10H2,1-2H3. The van der Waals surface area contributed by atoms with E-state index >= 15 is 0 Å². The molecule has 94 valence electrons. The Kier molecular flexibility index (Phi) is 4.16. The number of rotatable bonds is 6. The molecule has 2 heteroatoms. The monoisotopic (exact) mass is 235 g/mol. The number of hydrogen-bond donors (Lipinski definition) is 1. The fraction of sp³-hybridized carbons (Fsp3) is 0.600. The van der Waals surface area contributed by atoms with Gasteiger partial charge in [0.2, 0.25) is 0 Å². The highest BCUT2D eigenvalue weighted by Gasteiger charge is 2.24. The summed E-state index contributed by atoms with van der Waals surface area (Å²) in [5.41, 5.74) is 1.91. The topological polar surface area (TPSA) is 12.0 Å². The van der Waals surface area contributed by atoms with Gasteiger partial charge in [-0.15, -0.1) is 0 Å². The molecular weight excluding hydrogens is 213 g/mol. The Morgan fingerprint density at radius 1 is 1.41 bits per heavy atom. The smallest absolute Gasteiger partial charge is 0.126 e. The van der Waals surface area contributed by atoms with Crippen molar-refractivity contribution in [1.82, 2.24) is 5.32 Å². The summed E-state index contributed by atoms with van der Waals surface area (Å²) in [5, 5.41) is 3.58. The first-order valence-electron chi connectivity index (χ1n) is 6.67. The lowest BCUT2D eigenvalue weighted by atomic mass is 10.1. The summed E-state index contributed by atoms with van der Waals surface area (Å²) >= 11 is 0. The normalized spacial score (nSPS) is 17.1. The maximum atomic E-state index is 13.1. The quantitative estimate of drug-likeness (QED) is 0.790. The van der Waals surface area contributed by atoms with Crippen molar-refractivity contribution in [2.24, 2.45) is 5.92 Å². The van der Waals surface area contributed by atoms with Gasteiger partial charge in [-0.3, -0.25) is 0 Å². The lowest BCUT2D eigenvalue weighted by Gasteiger charge is -2.16. The van der Waals surface area contributed by atoms with E-state index in [2.05, 4.69) is 12.2 Å². The van der Waals surface area contributed by atoms with Gasteiger partial charge in [0.1, 0.15) is 5.82 Å². The molecule has 0 spiro atoms. The van der Waals surface area contributed by atoms with Gasteiger partial charge in [-0.05, 0) is 42.9 Å². The summed E-state index contributed by atoms with van der Waals surface area (Å²) in [6.07, 6.45) is 5.30. The number of nitrogens with one attached hydrogen (secondary N) is 1. The molecule has 0 aromatic heterocycles. The number of aryl methyl sites for hydroxylation is 1. The second-order valence-corrected chi connectivity index (χ2v) is 5.25. The highest BCUT2D eigenvalue weighted by Crippen LogP contribution is 2.34. The molecule has 1 atom stereocenters. The number of hydrogen-bond acceptors (Lipinski definition) is 1. The van der Waals surface area contributed by atoms with E-state index in [1.807, 2.05) is 19.1 Å². The van der Waals surface area contributed by atoms with Crippen LogP contribution in [0.15, 0.2) is 18.2 Å². The summed E-state index contributed by atoms with van der Waals surface area (Å²) in [4.78, 5) is 0. The van der Waals surface area contributed by atoms with Crippen molar-refractivity contribution >= 4 is 0 Å². The molecule has 1 aromatic rings. The Hall–Kier alpha value is -0.890. The van der Waals surface area contributed by atoms with Gasteiger partial charge in [0.15, 0.2) is 0 Å². The first kappa shape index (κ1) is 12.6. The first-order valence-corrected chi connectivity index (χ1v) is 6.67. The van der Waals surface area contributed by atoms with E-state index in [0.29, 0.717) is 6.04 Å². The number of benzene rings is 1. The minimum absolute atomic E-state index is 0.112. The van der Waals surface area contributed by atoms with Gasteiger partial charge in [0, 0.05) is 12.6 Å². The third-order valence-electron chi connectivity index (χ3n) is 3.62. The molecule has 1 nitrogen and oxygen atoms in total. The Morgan fingerprint density at radius 3 is 2.76 bits per heavy atom. The fourth-order valence-corrected chi connectivity index (χ4v) is 2.23. The maximum absolute atomic E-state index is 13.1. The van der Waals surface area contributed by atoms with E-state index in [4.69, 9.17) is 0 Å². The highest BCUT2D eigenvalue weighted by molar-refractivity contribution is 5.23. The average molecular weight is 235 g/mol. The molecule has 0 saturated heterocycles. The lowest BCUT2D eigenvalue weighted by molar-refractivity contribution is 0.444. The Morgan fingerprint density at radius 2 is 2.18 bits per heavy atom. The molecule has 0 amide bonds. The molecule has 0 aliphatic heterocycles. The second kappa shape index (κ2) is 5.63. The Bertz CT molecular complexity index is 371. The SMILES string of the molecule is CCC(CC1CC1)NCc1ccc(F)c(C)c1. The Balaban J connectivity index is 1.84. The predicted octanol–water partition coefficient (Wildman–Crippen LogP) is 3.80. The van der Waals surface area contributed by atoms with Crippen LogP contribution < -0.4 is 5.32 Å². The molecule has 1 aromatic carbocycles. The molecule has 1 unspecified atom stereocenters. The number of halogens is 1. The summed E-state index contributed by atoms with van der Waals surface area (Å²) in [5.74, 6) is 0.848. The minimum atomic E-state index is -0.112. The summed E-state index contributed by atoms with van der Waals surface area (Å²) < 4.78 is 13.1. The zero-order valence-corrected chi connectivity index (χ0v) is 10.8. The molecule has 0 bridgehead atoms. The van der Waals surface area contributed by atoms with Crippen molar-refractivity contribution in [2.75, 3.05) is 0 Å². The first-order chi connectivity index (χ1) is 8.19. The third-order valence-corrected chi connectivity index (χ3v) is 3.62. The van der Waals surface area contributed by atoms with Crippen molar-refractivity contribution in [3.05, 3.63) is 35.1 Å². The molecule has 1 saturated carbocycles.